The fraction of sp³-hybridized carbons (Fsp3) is 0.188. The first kappa shape index (κ1) is 76.4. The number of esters is 8. The summed E-state index contributed by atoms with van der Waals surface area (Å²) in [5.41, 5.74) is -14.0. The van der Waals surface area contributed by atoms with Gasteiger partial charge in [-0.25, -0.2) is 33.6 Å². The first-order valence-corrected chi connectivity index (χ1v) is 31.4. The summed E-state index contributed by atoms with van der Waals surface area (Å²) in [6.45, 7) is -1.95. The van der Waals surface area contributed by atoms with E-state index in [4.69, 9.17) is 52.1 Å². The van der Waals surface area contributed by atoms with Crippen LogP contribution in [0.3, 0.4) is 0 Å². The SMILES string of the molecule is CC(=O)OC1C2OC(=O)c3cc(O)c(O)c(O)c3-c3c(cc(O)c(O)c3O)C(=O)OCC2OC(OC(=O)c2cc(O)c(O)c(O)c2Oc2cc(C(=O)OC3C(O)OC4COC(=O)c5cc(O)cc(O)c5-c5c(cc(O)c(O)c5O)C(=O)OC4C3O)cc(O)c2O)C1OC(=O)c1cc(O)c(O)c(O)c1-c1ccc(O)c(O)c1O. The Morgan fingerprint density at radius 3 is 1.37 bits per heavy atom. The normalized spacial score (nSPS) is 20.7. The predicted octanol–water partition coefficient (Wildman–Crippen LogP) is 2.44. The lowest BCUT2D eigenvalue weighted by molar-refractivity contribution is -0.286. The molecule has 4 aliphatic rings. The molecular formula is C69H52O43. The van der Waals surface area contributed by atoms with E-state index in [1.165, 1.54) is 0 Å². The number of hydrogen-bond donors (Lipinski definition) is 24. The molecule has 112 heavy (non-hydrogen) atoms. The van der Waals surface area contributed by atoms with Crippen LogP contribution >= 0.6 is 0 Å². The molecular weight excluding hydrogens is 1520 g/mol. The minimum atomic E-state index is -2.96. The van der Waals surface area contributed by atoms with Crippen LogP contribution in [0.2, 0.25) is 0 Å². The van der Waals surface area contributed by atoms with E-state index >= 15 is 4.79 Å². The van der Waals surface area contributed by atoms with Crippen LogP contribution in [0.5, 0.6) is 138 Å². The Bertz CT molecular complexity index is 5390. The summed E-state index contributed by atoms with van der Waals surface area (Å²) < 4.78 is 61.2. The molecule has 4 heterocycles. The number of rotatable bonds is 10. The first-order valence-electron chi connectivity index (χ1n) is 31.4. The van der Waals surface area contributed by atoms with Gasteiger partial charge in [-0.3, -0.25) is 4.79 Å². The fourth-order valence-electron chi connectivity index (χ4n) is 12.3. The van der Waals surface area contributed by atoms with Gasteiger partial charge in [-0.2, -0.15) is 0 Å². The predicted molar refractivity (Wildman–Crippen MR) is 349 cm³/mol. The highest BCUT2D eigenvalue weighted by Crippen LogP contribution is 2.57. The molecule has 0 saturated carbocycles. The summed E-state index contributed by atoms with van der Waals surface area (Å²) in [4.78, 5) is 115. The van der Waals surface area contributed by atoms with Crippen LogP contribution in [-0.4, -0.2) is 245 Å². The number of fused-ring (bicyclic) bond motifs is 8. The van der Waals surface area contributed by atoms with Gasteiger partial charge in [0.2, 0.25) is 58.4 Å². The third-order valence-electron chi connectivity index (χ3n) is 17.5. The number of carbonyl (C=O) groups excluding carboxylic acids is 8. The molecule has 8 aromatic rings. The van der Waals surface area contributed by atoms with Gasteiger partial charge < -0.3 is 175 Å². The Hall–Kier alpha value is -15.2. The van der Waals surface area contributed by atoms with Crippen molar-refractivity contribution in [3.63, 3.8) is 0 Å². The monoisotopic (exact) mass is 1570 g/mol. The van der Waals surface area contributed by atoms with Crippen LogP contribution in [-0.2, 0) is 52.2 Å². The molecule has 2 fully saturated rings. The second-order valence-electron chi connectivity index (χ2n) is 24.4. The molecule has 0 amide bonds. The minimum Gasteiger partial charge on any atom is -0.508 e. The van der Waals surface area contributed by atoms with Crippen molar-refractivity contribution in [2.75, 3.05) is 13.2 Å². The van der Waals surface area contributed by atoms with E-state index in [0.717, 1.165) is 0 Å². The van der Waals surface area contributed by atoms with Crippen LogP contribution in [0, 0.1) is 0 Å². The van der Waals surface area contributed by atoms with Crippen LogP contribution in [0.15, 0.2) is 66.7 Å². The smallest absolute Gasteiger partial charge is 0.344 e. The van der Waals surface area contributed by atoms with Gasteiger partial charge in [0.25, 0.3) is 0 Å². The van der Waals surface area contributed by atoms with Crippen LogP contribution < -0.4 is 4.74 Å². The largest absolute Gasteiger partial charge is 0.508 e. The number of carbonyl (C=O) groups is 8. The molecule has 0 radical (unpaired) electrons. The van der Waals surface area contributed by atoms with Crippen molar-refractivity contribution in [3.05, 3.63) is 106 Å². The number of ether oxygens (including phenoxy) is 11. The maximum atomic E-state index is 15.1. The van der Waals surface area contributed by atoms with Gasteiger partial charge in [0.05, 0.1) is 33.4 Å². The van der Waals surface area contributed by atoms with E-state index in [1.807, 2.05) is 0 Å². The number of hydrogen-bond acceptors (Lipinski definition) is 43. The average molecular weight is 1570 g/mol. The Morgan fingerprint density at radius 1 is 0.366 bits per heavy atom. The molecule has 586 valence electrons. The molecule has 0 spiro atoms. The van der Waals surface area contributed by atoms with E-state index in [1.54, 1.807) is 0 Å². The van der Waals surface area contributed by atoms with Crippen LogP contribution in [0.25, 0.3) is 33.4 Å². The molecule has 10 atom stereocenters. The molecule has 43 nitrogen and oxygen atoms in total. The number of aliphatic hydroxyl groups is 2. The van der Waals surface area contributed by atoms with Crippen molar-refractivity contribution in [2.24, 2.45) is 0 Å². The van der Waals surface area contributed by atoms with Crippen molar-refractivity contribution in [1.29, 1.82) is 0 Å². The van der Waals surface area contributed by atoms with Crippen LogP contribution in [0.4, 0.5) is 0 Å². The highest BCUT2D eigenvalue weighted by molar-refractivity contribution is 6.10. The molecule has 0 bridgehead atoms. The Balaban J connectivity index is 0.916. The molecule has 43 heteroatoms. The topological polar surface area (TPSA) is 724 Å². The third-order valence-corrected chi connectivity index (χ3v) is 17.5. The molecule has 12 rings (SSSR count). The highest BCUT2D eigenvalue weighted by Gasteiger charge is 2.56. The van der Waals surface area contributed by atoms with E-state index < -0.39 is 333 Å². The standard InChI is InChI=1S/C69H52O43/c1-15(70)104-59-57-35(14-103-63(96)21-9-29(76)46(85)51(90)39(21)40-23(66(99)109-57)11-31(78)47(86)52(40)91)107-69(60(59)111-64(97)20-8-28(75)44(83)49(88)36(20)18-2-3-25(72)43(82)41(18)80)112-67(100)24-12-32(79)48(87)53(92)55(24)105-33-5-16(4-27(74)42(33)81)61(94)110-58-54(93)56-34(106-68(58)101)13-102-62(95)19-6-17(71)7-26(73)37(19)38-22(65(98)108-56)10-30(77)45(84)50(38)89/h2-12,34-35,54,56-60,68-69,71-93,101H,13-14H2,1H3. The summed E-state index contributed by atoms with van der Waals surface area (Å²) in [7, 11) is 0. The van der Waals surface area contributed by atoms with Gasteiger partial charge in [0.15, 0.2) is 111 Å². The first-order chi connectivity index (χ1) is 52.7. The van der Waals surface area contributed by atoms with Gasteiger partial charge in [-0.1, -0.05) is 0 Å². The van der Waals surface area contributed by atoms with Crippen molar-refractivity contribution in [2.45, 2.75) is 68.3 Å². The number of aliphatic hydroxyl groups excluding tert-OH is 2. The van der Waals surface area contributed by atoms with E-state index in [2.05, 4.69) is 0 Å². The Morgan fingerprint density at radius 2 is 0.812 bits per heavy atom. The van der Waals surface area contributed by atoms with Crippen molar-refractivity contribution in [1.82, 2.24) is 0 Å². The number of benzene rings is 8. The van der Waals surface area contributed by atoms with Crippen LogP contribution in [0.1, 0.15) is 79.4 Å². The summed E-state index contributed by atoms with van der Waals surface area (Å²) in [6, 6.07) is 5.12. The summed E-state index contributed by atoms with van der Waals surface area (Å²) in [6.07, 6.45) is -25.4. The highest BCUT2D eigenvalue weighted by atomic mass is 16.8. The average Bonchev–Trinajstić information content (AvgIpc) is 1.16. The number of phenols is 22. The maximum Gasteiger partial charge on any atom is 0.344 e. The number of aromatic hydroxyl groups is 22. The fourth-order valence-corrected chi connectivity index (χ4v) is 12.3. The van der Waals surface area contributed by atoms with Gasteiger partial charge >= 0.3 is 47.8 Å². The lowest BCUT2D eigenvalue weighted by atomic mass is 9.92. The lowest BCUT2D eigenvalue weighted by Crippen LogP contribution is -2.63. The van der Waals surface area contributed by atoms with Gasteiger partial charge in [0, 0.05) is 52.4 Å². The molecule has 0 aromatic heterocycles. The molecule has 0 aliphatic carbocycles. The molecule has 24 N–H and O–H groups in total. The summed E-state index contributed by atoms with van der Waals surface area (Å²) in [5.74, 6) is -47.6. The number of phenolic OH excluding ortho intramolecular Hbond substituents is 22. The minimum absolute atomic E-state index is 0.192. The van der Waals surface area contributed by atoms with Gasteiger partial charge in [0.1, 0.15) is 48.6 Å². The van der Waals surface area contributed by atoms with Gasteiger partial charge in [-0.15, -0.1) is 0 Å². The van der Waals surface area contributed by atoms with Gasteiger partial charge in [-0.05, 0) is 54.6 Å². The quantitative estimate of drug-likeness (QED) is 0.0531. The molecule has 10 unspecified atom stereocenters. The van der Waals surface area contributed by atoms with E-state index in [9.17, 15) is 156 Å². The molecule has 8 aromatic carbocycles. The van der Waals surface area contributed by atoms with Crippen molar-refractivity contribution >= 4 is 47.8 Å². The number of cyclic esters (lactones) is 2. The van der Waals surface area contributed by atoms with E-state index in [-0.39, 0.29) is 6.07 Å². The van der Waals surface area contributed by atoms with Crippen molar-refractivity contribution in [3.8, 4) is 171 Å². The van der Waals surface area contributed by atoms with Crippen molar-refractivity contribution < 1.29 is 213 Å². The lowest BCUT2D eigenvalue weighted by Gasteiger charge is -2.43. The second-order valence-corrected chi connectivity index (χ2v) is 24.4. The Kier molecular flexibility index (Phi) is 19.4. The zero-order valence-corrected chi connectivity index (χ0v) is 55.5. The Labute approximate surface area is 617 Å². The zero-order valence-electron chi connectivity index (χ0n) is 55.5. The van der Waals surface area contributed by atoms with E-state index in [0.29, 0.717) is 67.6 Å². The summed E-state index contributed by atoms with van der Waals surface area (Å²) in [5, 5.41) is 262. The zero-order chi connectivity index (χ0) is 81.7. The maximum absolute atomic E-state index is 15.1. The molecule has 2 saturated heterocycles. The second kappa shape index (κ2) is 28.5. The molecule has 4 aliphatic heterocycles. The summed E-state index contributed by atoms with van der Waals surface area (Å²) >= 11 is 0. The third kappa shape index (κ3) is 13.1.